The number of aromatic nitrogens is 1. The number of hydrogen-bond donors (Lipinski definition) is 0. The quantitative estimate of drug-likeness (QED) is 0.285. The molecular formula is C27H27Cl3N2. The van der Waals surface area contributed by atoms with Crippen LogP contribution in [0.4, 0.5) is 0 Å². The molecule has 0 radical (unpaired) electrons. The first-order valence-corrected chi connectivity index (χ1v) is 11.7. The Morgan fingerprint density at radius 2 is 1.44 bits per heavy atom. The Hall–Kier alpha value is -1.97. The van der Waals surface area contributed by atoms with Crippen molar-refractivity contribution >= 4 is 46.5 Å². The van der Waals surface area contributed by atoms with Gasteiger partial charge in [-0.3, -0.25) is 4.90 Å². The highest BCUT2D eigenvalue weighted by atomic mass is 35.5. The molecule has 0 N–H and O–H groups in total. The fourth-order valence-corrected chi connectivity index (χ4v) is 5.81. The number of benzene rings is 3. The van der Waals surface area contributed by atoms with E-state index in [4.69, 9.17) is 23.2 Å². The fraction of sp³-hybridized carbons (Fsp3) is 0.259. The zero-order valence-electron chi connectivity index (χ0n) is 18.1. The smallest absolute Gasteiger partial charge is 0.0534 e. The number of hydrogen-bond acceptors (Lipinski definition) is 1. The van der Waals surface area contributed by atoms with E-state index in [-0.39, 0.29) is 12.4 Å². The number of aryl methyl sites for hydroxylation is 1. The number of likely N-dealkylation sites (tertiary alicyclic amines) is 1. The molecule has 0 aliphatic carbocycles. The summed E-state index contributed by atoms with van der Waals surface area (Å²) in [7, 11) is 2.18. The molecule has 166 valence electrons. The number of halogens is 3. The molecule has 0 atom stereocenters. The van der Waals surface area contributed by atoms with E-state index in [2.05, 4.69) is 71.1 Å². The zero-order valence-corrected chi connectivity index (χ0v) is 20.4. The number of para-hydroxylation sites is 1. The summed E-state index contributed by atoms with van der Waals surface area (Å²) in [5, 5.41) is 2.94. The first-order chi connectivity index (χ1) is 15.1. The van der Waals surface area contributed by atoms with Crippen LogP contribution in [-0.2, 0) is 13.6 Å². The third-order valence-corrected chi connectivity index (χ3v) is 7.30. The molecule has 32 heavy (non-hydrogen) atoms. The van der Waals surface area contributed by atoms with Crippen molar-refractivity contribution in [2.75, 3.05) is 13.1 Å². The average molecular weight is 486 g/mol. The molecule has 1 fully saturated rings. The van der Waals surface area contributed by atoms with Gasteiger partial charge in [0.2, 0.25) is 0 Å². The summed E-state index contributed by atoms with van der Waals surface area (Å²) in [5.41, 5.74) is 6.42. The van der Waals surface area contributed by atoms with Crippen LogP contribution < -0.4 is 0 Å². The predicted molar refractivity (Wildman–Crippen MR) is 139 cm³/mol. The maximum Gasteiger partial charge on any atom is 0.0534 e. The van der Waals surface area contributed by atoms with Crippen molar-refractivity contribution < 1.29 is 0 Å². The van der Waals surface area contributed by atoms with Crippen LogP contribution in [0.5, 0.6) is 0 Å². The molecule has 2 nitrogen and oxygen atoms in total. The van der Waals surface area contributed by atoms with Crippen molar-refractivity contribution in [2.45, 2.75) is 25.3 Å². The SMILES string of the molecule is Cl.Cn1c(-c2ccccc2)c(CN2CCC(c3c(Cl)cccc3Cl)CC2)c2ccccc21. The summed E-state index contributed by atoms with van der Waals surface area (Å²) < 4.78 is 2.34. The second-order valence-corrected chi connectivity index (χ2v) is 9.27. The molecule has 1 aliphatic heterocycles. The topological polar surface area (TPSA) is 8.17 Å². The summed E-state index contributed by atoms with van der Waals surface area (Å²) in [6, 6.07) is 25.3. The summed E-state index contributed by atoms with van der Waals surface area (Å²) >= 11 is 13.0. The molecule has 1 saturated heterocycles. The highest BCUT2D eigenvalue weighted by Crippen LogP contribution is 2.39. The van der Waals surface area contributed by atoms with Crippen LogP contribution in [0.25, 0.3) is 22.2 Å². The molecule has 2 heterocycles. The van der Waals surface area contributed by atoms with Gasteiger partial charge in [-0.05, 0) is 66.7 Å². The summed E-state index contributed by atoms with van der Waals surface area (Å²) in [6.07, 6.45) is 2.16. The summed E-state index contributed by atoms with van der Waals surface area (Å²) in [4.78, 5) is 2.58. The van der Waals surface area contributed by atoms with Gasteiger partial charge in [-0.15, -0.1) is 12.4 Å². The Morgan fingerprint density at radius 1 is 0.812 bits per heavy atom. The Labute approximate surface area is 206 Å². The van der Waals surface area contributed by atoms with Crippen LogP contribution in [0, 0.1) is 0 Å². The average Bonchev–Trinajstić information content (AvgIpc) is 3.07. The van der Waals surface area contributed by atoms with Gasteiger partial charge >= 0.3 is 0 Å². The zero-order chi connectivity index (χ0) is 21.4. The van der Waals surface area contributed by atoms with Crippen molar-refractivity contribution in [3.05, 3.63) is 94.0 Å². The molecule has 1 aliphatic rings. The molecule has 5 heteroatoms. The second kappa shape index (κ2) is 9.89. The van der Waals surface area contributed by atoms with E-state index in [0.29, 0.717) is 5.92 Å². The van der Waals surface area contributed by atoms with Gasteiger partial charge in [0.05, 0.1) is 5.69 Å². The molecule has 0 amide bonds. The first-order valence-electron chi connectivity index (χ1n) is 10.9. The first kappa shape index (κ1) is 23.2. The van der Waals surface area contributed by atoms with Crippen LogP contribution in [0.1, 0.15) is 29.9 Å². The van der Waals surface area contributed by atoms with Crippen LogP contribution >= 0.6 is 35.6 Å². The predicted octanol–water partition coefficient (Wildman–Crippen LogP) is 7.95. The van der Waals surface area contributed by atoms with Crippen LogP contribution in [0.15, 0.2) is 72.8 Å². The van der Waals surface area contributed by atoms with E-state index in [1.807, 2.05) is 18.2 Å². The third kappa shape index (κ3) is 4.30. The molecule has 0 spiro atoms. The molecule has 3 aromatic carbocycles. The third-order valence-electron chi connectivity index (χ3n) is 6.64. The number of fused-ring (bicyclic) bond motifs is 1. The van der Waals surface area contributed by atoms with Gasteiger partial charge < -0.3 is 4.57 Å². The van der Waals surface area contributed by atoms with Gasteiger partial charge in [-0.2, -0.15) is 0 Å². The van der Waals surface area contributed by atoms with Crippen LogP contribution in [-0.4, -0.2) is 22.6 Å². The maximum atomic E-state index is 6.48. The summed E-state index contributed by atoms with van der Waals surface area (Å²) in [5.74, 6) is 0.429. The number of nitrogens with zero attached hydrogens (tertiary/aromatic N) is 2. The lowest BCUT2D eigenvalue weighted by Crippen LogP contribution is -2.32. The van der Waals surface area contributed by atoms with Gasteiger partial charge in [0.1, 0.15) is 0 Å². The molecule has 0 bridgehead atoms. The van der Waals surface area contributed by atoms with Crippen LogP contribution in [0.2, 0.25) is 10.0 Å². The highest BCUT2D eigenvalue weighted by molar-refractivity contribution is 6.36. The fourth-order valence-electron chi connectivity index (χ4n) is 5.10. The minimum atomic E-state index is 0. The minimum Gasteiger partial charge on any atom is -0.343 e. The normalized spacial score (nSPS) is 15.1. The largest absolute Gasteiger partial charge is 0.343 e. The van der Waals surface area contributed by atoms with E-state index in [0.717, 1.165) is 48.1 Å². The van der Waals surface area contributed by atoms with E-state index in [1.54, 1.807) is 0 Å². The Morgan fingerprint density at radius 3 is 2.12 bits per heavy atom. The number of piperidine rings is 1. The molecule has 1 aromatic heterocycles. The van der Waals surface area contributed by atoms with E-state index >= 15 is 0 Å². The van der Waals surface area contributed by atoms with Crippen molar-refractivity contribution in [1.29, 1.82) is 0 Å². The van der Waals surface area contributed by atoms with Crippen molar-refractivity contribution in [1.82, 2.24) is 9.47 Å². The van der Waals surface area contributed by atoms with E-state index in [9.17, 15) is 0 Å². The van der Waals surface area contributed by atoms with Crippen molar-refractivity contribution in [3.63, 3.8) is 0 Å². The van der Waals surface area contributed by atoms with Crippen molar-refractivity contribution in [2.24, 2.45) is 7.05 Å². The lowest BCUT2D eigenvalue weighted by atomic mass is 9.89. The molecule has 4 aromatic rings. The minimum absolute atomic E-state index is 0. The molecule has 0 saturated carbocycles. The second-order valence-electron chi connectivity index (χ2n) is 8.46. The van der Waals surface area contributed by atoms with Gasteiger partial charge in [0.15, 0.2) is 0 Å². The van der Waals surface area contributed by atoms with Crippen molar-refractivity contribution in [3.8, 4) is 11.3 Å². The highest BCUT2D eigenvalue weighted by Gasteiger charge is 2.26. The standard InChI is InChI=1S/C27H26Cl2N2.ClH/c1-30-25-13-6-5-10-21(25)22(27(30)20-8-3-2-4-9-20)18-31-16-14-19(15-17-31)26-23(28)11-7-12-24(26)29;/h2-13,19H,14-18H2,1H3;1H. The Balaban J connectivity index is 0.00000245. The lowest BCUT2D eigenvalue weighted by Gasteiger charge is -2.33. The van der Waals surface area contributed by atoms with Gasteiger partial charge in [-0.25, -0.2) is 0 Å². The van der Waals surface area contributed by atoms with Gasteiger partial charge in [-0.1, -0.05) is 77.8 Å². The van der Waals surface area contributed by atoms with E-state index in [1.165, 1.54) is 27.7 Å². The maximum absolute atomic E-state index is 6.48. The Kier molecular flexibility index (Phi) is 7.17. The van der Waals surface area contributed by atoms with Gasteiger partial charge in [0, 0.05) is 34.5 Å². The lowest BCUT2D eigenvalue weighted by molar-refractivity contribution is 0.205. The molecule has 5 rings (SSSR count). The summed E-state index contributed by atoms with van der Waals surface area (Å²) in [6.45, 7) is 3.04. The van der Waals surface area contributed by atoms with E-state index < -0.39 is 0 Å². The number of rotatable bonds is 4. The van der Waals surface area contributed by atoms with Gasteiger partial charge in [0.25, 0.3) is 0 Å². The Bertz CT molecular complexity index is 1190. The monoisotopic (exact) mass is 484 g/mol. The molecule has 0 unspecified atom stereocenters. The molecular weight excluding hydrogens is 459 g/mol. The van der Waals surface area contributed by atoms with Crippen LogP contribution in [0.3, 0.4) is 0 Å².